The fourth-order valence-corrected chi connectivity index (χ4v) is 3.79. The van der Waals surface area contributed by atoms with Gasteiger partial charge in [-0.3, -0.25) is 4.79 Å². The monoisotopic (exact) mass is 288 g/mol. The Bertz CT molecular complexity index is 353. The van der Waals surface area contributed by atoms with Crippen LogP contribution in [0, 0.1) is 5.41 Å². The van der Waals surface area contributed by atoms with Crippen molar-refractivity contribution < 1.29 is 24.2 Å². The molecule has 2 atom stereocenters. The fourth-order valence-electron chi connectivity index (χ4n) is 2.34. The van der Waals surface area contributed by atoms with Crippen LogP contribution in [-0.2, 0) is 19.1 Å². The third-order valence-electron chi connectivity index (χ3n) is 3.80. The second-order valence-corrected chi connectivity index (χ2v) is 6.46. The molecule has 0 aromatic rings. The highest BCUT2D eigenvalue weighted by Crippen LogP contribution is 2.51. The van der Waals surface area contributed by atoms with E-state index < -0.39 is 12.1 Å². The average molecular weight is 288 g/mol. The van der Waals surface area contributed by atoms with Crippen molar-refractivity contribution in [1.82, 2.24) is 0 Å². The van der Waals surface area contributed by atoms with E-state index in [2.05, 4.69) is 0 Å². The zero-order chi connectivity index (χ0) is 13.9. The number of thioether (sulfide) groups is 1. The molecular weight excluding hydrogens is 268 g/mol. The number of hydrogen-bond donors (Lipinski definition) is 1. The van der Waals surface area contributed by atoms with Gasteiger partial charge in [-0.25, -0.2) is 4.79 Å². The number of aliphatic carboxylic acids is 1. The molecule has 6 heteroatoms. The van der Waals surface area contributed by atoms with Crippen molar-refractivity contribution in [1.29, 1.82) is 0 Å². The molecule has 1 N–H and O–H groups in total. The van der Waals surface area contributed by atoms with Gasteiger partial charge in [0.05, 0.1) is 19.6 Å². The number of carboxylic acids is 1. The first kappa shape index (κ1) is 14.7. The summed E-state index contributed by atoms with van der Waals surface area (Å²) < 4.78 is 10.2. The van der Waals surface area contributed by atoms with E-state index in [0.717, 1.165) is 30.8 Å². The van der Waals surface area contributed by atoms with E-state index in [4.69, 9.17) is 14.6 Å². The number of methoxy groups -OCH3 is 1. The molecule has 1 aliphatic carbocycles. The predicted molar refractivity (Wildman–Crippen MR) is 71.2 cm³/mol. The molecule has 1 saturated heterocycles. The van der Waals surface area contributed by atoms with Gasteiger partial charge in [-0.1, -0.05) is 0 Å². The minimum atomic E-state index is -0.864. The maximum absolute atomic E-state index is 11.3. The Morgan fingerprint density at radius 2 is 2.16 bits per heavy atom. The van der Waals surface area contributed by atoms with Crippen LogP contribution in [-0.4, -0.2) is 47.9 Å². The number of carbonyl (C=O) groups is 2. The first-order valence-corrected chi connectivity index (χ1v) is 7.73. The Morgan fingerprint density at radius 3 is 2.68 bits per heavy atom. The molecular formula is C13H20O5S. The van der Waals surface area contributed by atoms with Gasteiger partial charge in [0.2, 0.25) is 0 Å². The molecule has 1 aliphatic heterocycles. The van der Waals surface area contributed by atoms with Gasteiger partial charge in [0.25, 0.3) is 0 Å². The van der Waals surface area contributed by atoms with E-state index in [9.17, 15) is 9.59 Å². The van der Waals surface area contributed by atoms with Crippen molar-refractivity contribution in [3.8, 4) is 0 Å². The van der Waals surface area contributed by atoms with Gasteiger partial charge in [0, 0.05) is 5.75 Å². The molecule has 1 heterocycles. The molecule has 0 aromatic carbocycles. The SMILES string of the molecule is COC(=O)CC1(CSCC2CCC(C(=O)O)O2)CC1. The maximum Gasteiger partial charge on any atom is 0.332 e. The summed E-state index contributed by atoms with van der Waals surface area (Å²) in [6.07, 6.45) is 3.49. The average Bonchev–Trinajstić information content (AvgIpc) is 2.95. The van der Waals surface area contributed by atoms with E-state index in [1.165, 1.54) is 7.11 Å². The standard InChI is InChI=1S/C13H20O5S/c1-17-11(14)6-13(4-5-13)8-19-7-9-2-3-10(18-9)12(15)16/h9-10H,2-8H2,1H3,(H,15,16). The van der Waals surface area contributed by atoms with E-state index in [0.29, 0.717) is 12.8 Å². The molecule has 0 bridgehead atoms. The predicted octanol–water partition coefficient (Wildman–Crippen LogP) is 1.70. The first-order chi connectivity index (χ1) is 9.04. The fraction of sp³-hybridized carbons (Fsp3) is 0.846. The summed E-state index contributed by atoms with van der Waals surface area (Å²) in [5.41, 5.74) is 0.128. The largest absolute Gasteiger partial charge is 0.479 e. The highest BCUT2D eigenvalue weighted by molar-refractivity contribution is 7.99. The van der Waals surface area contributed by atoms with Gasteiger partial charge in [-0.2, -0.15) is 11.8 Å². The Labute approximate surface area is 117 Å². The van der Waals surface area contributed by atoms with Crippen molar-refractivity contribution in [2.75, 3.05) is 18.6 Å². The Balaban J connectivity index is 1.65. The van der Waals surface area contributed by atoms with E-state index in [1.807, 2.05) is 0 Å². The summed E-state index contributed by atoms with van der Waals surface area (Å²) in [5.74, 6) is 0.741. The van der Waals surface area contributed by atoms with Crippen LogP contribution in [0.25, 0.3) is 0 Å². The Morgan fingerprint density at radius 1 is 1.42 bits per heavy atom. The number of carbonyl (C=O) groups excluding carboxylic acids is 1. The van der Waals surface area contributed by atoms with Crippen LogP contribution in [0.2, 0.25) is 0 Å². The van der Waals surface area contributed by atoms with E-state index >= 15 is 0 Å². The van der Waals surface area contributed by atoms with Crippen LogP contribution in [0.5, 0.6) is 0 Å². The summed E-state index contributed by atoms with van der Waals surface area (Å²) in [5, 5.41) is 8.84. The zero-order valence-corrected chi connectivity index (χ0v) is 11.9. The number of hydrogen-bond acceptors (Lipinski definition) is 5. The van der Waals surface area contributed by atoms with Gasteiger partial charge in [0.15, 0.2) is 6.10 Å². The maximum atomic E-state index is 11.3. The summed E-state index contributed by atoms with van der Waals surface area (Å²) in [6, 6.07) is 0. The molecule has 2 rings (SSSR count). The lowest BCUT2D eigenvalue weighted by Gasteiger charge is -2.15. The van der Waals surface area contributed by atoms with Crippen LogP contribution in [0.4, 0.5) is 0 Å². The third-order valence-corrected chi connectivity index (χ3v) is 5.22. The quantitative estimate of drug-likeness (QED) is 0.719. The second kappa shape index (κ2) is 6.13. The lowest BCUT2D eigenvalue weighted by Crippen LogP contribution is -2.21. The van der Waals surface area contributed by atoms with Gasteiger partial charge >= 0.3 is 11.9 Å². The molecule has 0 spiro atoms. The first-order valence-electron chi connectivity index (χ1n) is 6.57. The van der Waals surface area contributed by atoms with Crippen LogP contribution in [0.3, 0.4) is 0 Å². The third kappa shape index (κ3) is 4.11. The molecule has 0 radical (unpaired) electrons. The number of rotatable bonds is 7. The summed E-state index contributed by atoms with van der Waals surface area (Å²) in [4.78, 5) is 22.0. The summed E-state index contributed by atoms with van der Waals surface area (Å²) >= 11 is 1.76. The molecule has 2 unspecified atom stereocenters. The minimum Gasteiger partial charge on any atom is -0.479 e. The van der Waals surface area contributed by atoms with Crippen molar-refractivity contribution in [2.24, 2.45) is 5.41 Å². The van der Waals surface area contributed by atoms with Gasteiger partial charge in [-0.15, -0.1) is 0 Å². The molecule has 0 aromatic heterocycles. The Hall–Kier alpha value is -0.750. The molecule has 2 aliphatic rings. The molecule has 2 fully saturated rings. The Kier molecular flexibility index (Phi) is 4.73. The second-order valence-electron chi connectivity index (χ2n) is 5.43. The highest BCUT2D eigenvalue weighted by Gasteiger charge is 2.44. The van der Waals surface area contributed by atoms with E-state index in [-0.39, 0.29) is 17.5 Å². The summed E-state index contributed by atoms with van der Waals surface area (Å²) in [7, 11) is 1.42. The smallest absolute Gasteiger partial charge is 0.332 e. The van der Waals surface area contributed by atoms with Gasteiger partial charge in [0.1, 0.15) is 0 Å². The van der Waals surface area contributed by atoms with Crippen molar-refractivity contribution in [2.45, 2.75) is 44.3 Å². The van der Waals surface area contributed by atoms with Crippen LogP contribution >= 0.6 is 11.8 Å². The van der Waals surface area contributed by atoms with Crippen LogP contribution in [0.1, 0.15) is 32.1 Å². The van der Waals surface area contributed by atoms with Crippen LogP contribution in [0.15, 0.2) is 0 Å². The number of esters is 1. The normalized spacial score (nSPS) is 28.1. The van der Waals surface area contributed by atoms with Gasteiger partial charge in [-0.05, 0) is 36.9 Å². The molecule has 1 saturated carbocycles. The zero-order valence-electron chi connectivity index (χ0n) is 11.1. The van der Waals surface area contributed by atoms with Crippen molar-refractivity contribution in [3.63, 3.8) is 0 Å². The summed E-state index contributed by atoms with van der Waals surface area (Å²) in [6.45, 7) is 0. The molecule has 19 heavy (non-hydrogen) atoms. The van der Waals surface area contributed by atoms with E-state index in [1.54, 1.807) is 11.8 Å². The highest BCUT2D eigenvalue weighted by atomic mass is 32.2. The number of carboxylic acid groups (broad SMARTS) is 1. The molecule has 108 valence electrons. The van der Waals surface area contributed by atoms with Crippen LogP contribution < -0.4 is 0 Å². The number of ether oxygens (including phenoxy) is 2. The topological polar surface area (TPSA) is 72.8 Å². The molecule has 0 amide bonds. The minimum absolute atomic E-state index is 0.0417. The lowest BCUT2D eigenvalue weighted by atomic mass is 10.1. The molecule has 5 nitrogen and oxygen atoms in total. The van der Waals surface area contributed by atoms with Crippen molar-refractivity contribution >= 4 is 23.7 Å². The lowest BCUT2D eigenvalue weighted by molar-refractivity contribution is -0.149. The van der Waals surface area contributed by atoms with Crippen molar-refractivity contribution in [3.05, 3.63) is 0 Å². The van der Waals surface area contributed by atoms with Gasteiger partial charge < -0.3 is 14.6 Å².